The van der Waals surface area contributed by atoms with Crippen molar-refractivity contribution in [1.29, 1.82) is 0 Å². The molecular weight excluding hydrogens is 268 g/mol. The van der Waals surface area contributed by atoms with E-state index in [-0.39, 0.29) is 12.5 Å². The smallest absolute Gasteiger partial charge is 0.376 e. The third-order valence-electron chi connectivity index (χ3n) is 2.59. The second-order valence-electron chi connectivity index (χ2n) is 4.12. The Morgan fingerprint density at radius 2 is 2.20 bits per heavy atom. The van der Waals surface area contributed by atoms with E-state index < -0.39 is 23.8 Å². The Balaban J connectivity index is 2.46. The number of benzene rings is 1. The first kappa shape index (κ1) is 14.2. The molecule has 6 heteroatoms. The van der Waals surface area contributed by atoms with Gasteiger partial charge in [-0.15, -0.1) is 0 Å². The molecule has 1 heterocycles. The van der Waals surface area contributed by atoms with Gasteiger partial charge in [0.25, 0.3) is 6.43 Å². The number of hydrogen-bond acceptors (Lipinski definition) is 4. The van der Waals surface area contributed by atoms with Gasteiger partial charge in [-0.05, 0) is 26.0 Å². The molecular formula is C14H13F2NO3. The van der Waals surface area contributed by atoms with Crippen LogP contribution in [-0.2, 0) is 4.74 Å². The number of carbonyl (C=O) groups excluding carboxylic acids is 1. The number of aromatic nitrogens is 1. The van der Waals surface area contributed by atoms with Gasteiger partial charge >= 0.3 is 5.97 Å². The molecule has 1 aromatic heterocycles. The minimum atomic E-state index is -2.91. The number of aryl methyl sites for hydroxylation is 1. The molecule has 1 aromatic carbocycles. The van der Waals surface area contributed by atoms with Crippen molar-refractivity contribution in [3.05, 3.63) is 41.3 Å². The van der Waals surface area contributed by atoms with E-state index in [1.165, 1.54) is 0 Å². The number of alkyl halides is 2. The van der Waals surface area contributed by atoms with Gasteiger partial charge in [0.15, 0.2) is 5.69 Å². The van der Waals surface area contributed by atoms with Crippen molar-refractivity contribution >= 4 is 5.97 Å². The van der Waals surface area contributed by atoms with Crippen molar-refractivity contribution < 1.29 is 22.7 Å². The van der Waals surface area contributed by atoms with Gasteiger partial charge in [-0.3, -0.25) is 0 Å². The van der Waals surface area contributed by atoms with Crippen molar-refractivity contribution in [2.45, 2.75) is 20.3 Å². The molecule has 0 saturated carbocycles. The van der Waals surface area contributed by atoms with Gasteiger partial charge < -0.3 is 9.15 Å². The fourth-order valence-electron chi connectivity index (χ4n) is 1.72. The Morgan fingerprint density at radius 3 is 2.80 bits per heavy atom. The number of oxazole rings is 1. The summed E-state index contributed by atoms with van der Waals surface area (Å²) in [6, 6.07) is 7.01. The van der Waals surface area contributed by atoms with Crippen LogP contribution in [0, 0.1) is 6.92 Å². The van der Waals surface area contributed by atoms with E-state index in [9.17, 15) is 13.6 Å². The van der Waals surface area contributed by atoms with Crippen molar-refractivity contribution in [1.82, 2.24) is 4.98 Å². The van der Waals surface area contributed by atoms with Crippen LogP contribution in [0.1, 0.15) is 35.2 Å². The molecule has 0 saturated heterocycles. The Hall–Kier alpha value is -2.24. The van der Waals surface area contributed by atoms with E-state index >= 15 is 0 Å². The molecule has 0 spiro atoms. The number of esters is 1. The summed E-state index contributed by atoms with van der Waals surface area (Å²) in [5.74, 6) is -1.50. The Kier molecular flexibility index (Phi) is 4.12. The first-order chi connectivity index (χ1) is 9.52. The Labute approximate surface area is 114 Å². The molecule has 2 rings (SSSR count). The van der Waals surface area contributed by atoms with Crippen LogP contribution < -0.4 is 0 Å². The highest BCUT2D eigenvalue weighted by atomic mass is 19.3. The second kappa shape index (κ2) is 5.81. The minimum Gasteiger partial charge on any atom is -0.460 e. The molecule has 2 aromatic rings. The van der Waals surface area contributed by atoms with Crippen molar-refractivity contribution in [3.8, 4) is 11.5 Å². The highest BCUT2D eigenvalue weighted by Gasteiger charge is 2.28. The monoisotopic (exact) mass is 281 g/mol. The van der Waals surface area contributed by atoms with E-state index in [1.54, 1.807) is 25.1 Å². The Morgan fingerprint density at radius 1 is 1.45 bits per heavy atom. The van der Waals surface area contributed by atoms with Gasteiger partial charge in [0.05, 0.1) is 6.61 Å². The fourth-order valence-corrected chi connectivity index (χ4v) is 1.72. The standard InChI is InChI=1S/C14H13F2NO3/c1-3-19-14(18)11-10(12(15)16)17-13(20-11)9-6-4-5-8(2)7-9/h4-7,12H,3H2,1-2H3. The summed E-state index contributed by atoms with van der Waals surface area (Å²) in [7, 11) is 0. The van der Waals surface area contributed by atoms with Crippen LogP contribution in [0.25, 0.3) is 11.5 Å². The third kappa shape index (κ3) is 2.84. The lowest BCUT2D eigenvalue weighted by Gasteiger charge is -1.99. The maximum atomic E-state index is 12.9. The molecule has 0 aliphatic rings. The SMILES string of the molecule is CCOC(=O)c1oc(-c2cccc(C)c2)nc1C(F)F. The molecule has 0 amide bonds. The van der Waals surface area contributed by atoms with Gasteiger partial charge in [-0.1, -0.05) is 17.7 Å². The lowest BCUT2D eigenvalue weighted by molar-refractivity contribution is 0.0476. The van der Waals surface area contributed by atoms with Gasteiger partial charge in [0.1, 0.15) is 0 Å². The predicted octanol–water partition coefficient (Wildman–Crippen LogP) is 3.76. The summed E-state index contributed by atoms with van der Waals surface area (Å²) in [6.07, 6.45) is -2.91. The number of nitrogens with zero attached hydrogens (tertiary/aromatic N) is 1. The summed E-state index contributed by atoms with van der Waals surface area (Å²) < 4.78 is 35.7. The summed E-state index contributed by atoms with van der Waals surface area (Å²) in [5, 5.41) is 0. The van der Waals surface area contributed by atoms with Crippen LogP contribution in [0.4, 0.5) is 8.78 Å². The molecule has 20 heavy (non-hydrogen) atoms. The molecule has 0 radical (unpaired) electrons. The van der Waals surface area contributed by atoms with Crippen molar-refractivity contribution in [3.63, 3.8) is 0 Å². The van der Waals surface area contributed by atoms with Crippen LogP contribution >= 0.6 is 0 Å². The largest absolute Gasteiger partial charge is 0.460 e. The summed E-state index contributed by atoms with van der Waals surface area (Å²) >= 11 is 0. The Bertz CT molecular complexity index is 623. The molecule has 0 N–H and O–H groups in total. The summed E-state index contributed by atoms with van der Waals surface area (Å²) in [4.78, 5) is 15.3. The molecule has 0 bridgehead atoms. The first-order valence-corrected chi connectivity index (χ1v) is 6.06. The van der Waals surface area contributed by atoms with Crippen LogP contribution in [0.3, 0.4) is 0 Å². The topological polar surface area (TPSA) is 52.3 Å². The zero-order chi connectivity index (χ0) is 14.7. The number of halogens is 2. The number of ether oxygens (including phenoxy) is 1. The molecule has 0 atom stereocenters. The lowest BCUT2D eigenvalue weighted by atomic mass is 10.1. The molecule has 106 valence electrons. The van der Waals surface area contributed by atoms with Crippen molar-refractivity contribution in [2.24, 2.45) is 0 Å². The average molecular weight is 281 g/mol. The van der Waals surface area contributed by atoms with Crippen LogP contribution in [-0.4, -0.2) is 17.6 Å². The van der Waals surface area contributed by atoms with Crippen LogP contribution in [0.15, 0.2) is 28.7 Å². The van der Waals surface area contributed by atoms with Crippen molar-refractivity contribution in [2.75, 3.05) is 6.61 Å². The van der Waals surface area contributed by atoms with E-state index in [2.05, 4.69) is 9.72 Å². The zero-order valence-electron chi connectivity index (χ0n) is 11.0. The summed E-state index contributed by atoms with van der Waals surface area (Å²) in [5.41, 5.74) is 0.763. The van der Waals surface area contributed by atoms with Gasteiger partial charge in [0.2, 0.25) is 11.7 Å². The maximum absolute atomic E-state index is 12.9. The highest BCUT2D eigenvalue weighted by Crippen LogP contribution is 2.29. The van der Waals surface area contributed by atoms with E-state index in [0.717, 1.165) is 5.56 Å². The molecule has 0 fully saturated rings. The molecule has 0 unspecified atom stereocenters. The fraction of sp³-hybridized carbons (Fsp3) is 0.286. The predicted molar refractivity (Wildman–Crippen MR) is 67.6 cm³/mol. The zero-order valence-corrected chi connectivity index (χ0v) is 11.0. The first-order valence-electron chi connectivity index (χ1n) is 6.06. The van der Waals surface area contributed by atoms with Gasteiger partial charge in [0, 0.05) is 5.56 Å². The third-order valence-corrected chi connectivity index (χ3v) is 2.59. The number of carbonyl (C=O) groups is 1. The van der Waals surface area contributed by atoms with Gasteiger partial charge in [-0.2, -0.15) is 0 Å². The molecule has 0 aliphatic carbocycles. The number of hydrogen-bond donors (Lipinski definition) is 0. The lowest BCUT2D eigenvalue weighted by Crippen LogP contribution is -2.06. The molecule has 4 nitrogen and oxygen atoms in total. The normalized spacial score (nSPS) is 10.8. The van der Waals surface area contributed by atoms with Crippen LogP contribution in [0.2, 0.25) is 0 Å². The maximum Gasteiger partial charge on any atom is 0.376 e. The quantitative estimate of drug-likeness (QED) is 0.800. The number of rotatable bonds is 4. The van der Waals surface area contributed by atoms with E-state index in [4.69, 9.17) is 4.42 Å². The van der Waals surface area contributed by atoms with E-state index in [1.807, 2.05) is 13.0 Å². The van der Waals surface area contributed by atoms with Crippen LogP contribution in [0.5, 0.6) is 0 Å². The minimum absolute atomic E-state index is 0.0212. The van der Waals surface area contributed by atoms with E-state index in [0.29, 0.717) is 5.56 Å². The average Bonchev–Trinajstić information content (AvgIpc) is 2.84. The summed E-state index contributed by atoms with van der Waals surface area (Å²) in [6.45, 7) is 3.51. The van der Waals surface area contributed by atoms with Gasteiger partial charge in [-0.25, -0.2) is 18.6 Å². The second-order valence-corrected chi connectivity index (χ2v) is 4.12. The molecule has 0 aliphatic heterocycles. The highest BCUT2D eigenvalue weighted by molar-refractivity contribution is 5.88.